The van der Waals surface area contributed by atoms with E-state index in [0.717, 1.165) is 5.56 Å². The zero-order chi connectivity index (χ0) is 26.9. The lowest BCUT2D eigenvalue weighted by atomic mass is 9.56. The number of ketones is 2. The molecule has 2 aromatic heterocycles. The van der Waals surface area contributed by atoms with Crippen LogP contribution in [-0.2, 0) is 20.8 Å². The average Bonchev–Trinajstić information content (AvgIpc) is 3.41. The van der Waals surface area contributed by atoms with E-state index in [1.54, 1.807) is 12.3 Å². The van der Waals surface area contributed by atoms with Crippen molar-refractivity contribution in [2.24, 2.45) is 23.5 Å². The van der Waals surface area contributed by atoms with E-state index in [-0.39, 0.29) is 36.1 Å². The lowest BCUT2D eigenvalue weighted by molar-refractivity contribution is -0.174. The summed E-state index contributed by atoms with van der Waals surface area (Å²) in [4.78, 5) is 43.1. The van der Waals surface area contributed by atoms with Crippen molar-refractivity contribution in [3.8, 4) is 22.7 Å². The topological polar surface area (TPSA) is 176 Å². The van der Waals surface area contributed by atoms with Gasteiger partial charge in [-0.15, -0.1) is 0 Å². The molecular formula is C28H25N3O7. The molecule has 1 aromatic carbocycles. The molecule has 3 aliphatic carbocycles. The monoisotopic (exact) mass is 515 g/mol. The number of aliphatic hydroxyl groups excluding tert-OH is 2. The summed E-state index contributed by atoms with van der Waals surface area (Å²) in [6.07, 6.45) is 4.18. The van der Waals surface area contributed by atoms with Gasteiger partial charge in [0.25, 0.3) is 0 Å². The van der Waals surface area contributed by atoms with Crippen LogP contribution in [0.2, 0.25) is 0 Å². The van der Waals surface area contributed by atoms with E-state index < -0.39 is 52.7 Å². The second kappa shape index (κ2) is 8.37. The fraction of sp³-hybridized carbons (Fsp3) is 0.286. The van der Waals surface area contributed by atoms with E-state index in [2.05, 4.69) is 4.98 Å². The van der Waals surface area contributed by atoms with Crippen LogP contribution < -0.4 is 5.73 Å². The molecule has 38 heavy (non-hydrogen) atoms. The third-order valence-corrected chi connectivity index (χ3v) is 8.20. The van der Waals surface area contributed by atoms with Gasteiger partial charge >= 0.3 is 0 Å². The highest BCUT2D eigenvalue weighted by Gasteiger charge is 2.63. The van der Waals surface area contributed by atoms with Crippen LogP contribution in [0.5, 0.6) is 5.75 Å². The molecule has 2 unspecified atom stereocenters. The number of hydrogen-bond donors (Lipinski definition) is 5. The Morgan fingerprint density at radius 1 is 1.08 bits per heavy atom. The first-order valence-electron chi connectivity index (χ1n) is 12.3. The molecule has 5 atom stereocenters. The number of pyridine rings is 1. The molecular weight excluding hydrogens is 490 g/mol. The smallest absolute Gasteiger partial charge is 0.230 e. The predicted molar refractivity (Wildman–Crippen MR) is 134 cm³/mol. The SMILES string of the molecule is NC(=O)C1C(=O)[C@@]2(O)C(=O)C3=C(O)c4c(O)ccc(-c5ccc(-n6cccc6)nc5)c4C[C@H]3C[C@H]2CC1O. The van der Waals surface area contributed by atoms with Crippen LogP contribution in [0, 0.1) is 17.8 Å². The fourth-order valence-corrected chi connectivity index (χ4v) is 6.38. The van der Waals surface area contributed by atoms with E-state index >= 15 is 0 Å². The number of phenols is 1. The molecule has 194 valence electrons. The molecule has 6 N–H and O–H groups in total. The molecule has 0 aliphatic heterocycles. The fourth-order valence-electron chi connectivity index (χ4n) is 6.38. The first kappa shape index (κ1) is 24.1. The molecule has 1 amide bonds. The van der Waals surface area contributed by atoms with Gasteiger partial charge in [-0.3, -0.25) is 14.4 Å². The minimum Gasteiger partial charge on any atom is -0.507 e. The molecule has 3 aliphatic rings. The minimum atomic E-state index is -2.60. The molecule has 0 spiro atoms. The zero-order valence-corrected chi connectivity index (χ0v) is 20.1. The van der Waals surface area contributed by atoms with E-state index in [9.17, 15) is 34.8 Å². The quantitative estimate of drug-likeness (QED) is 0.326. The predicted octanol–water partition coefficient (Wildman–Crippen LogP) is 1.44. The second-order valence-electron chi connectivity index (χ2n) is 10.2. The number of carbonyl (C=O) groups is 3. The molecule has 6 rings (SSSR count). The second-order valence-corrected chi connectivity index (χ2v) is 10.2. The Hall–Kier alpha value is -4.28. The number of rotatable bonds is 3. The largest absolute Gasteiger partial charge is 0.507 e. The van der Waals surface area contributed by atoms with Crippen molar-refractivity contribution in [3.05, 3.63) is 71.7 Å². The van der Waals surface area contributed by atoms with Gasteiger partial charge in [0.2, 0.25) is 11.7 Å². The van der Waals surface area contributed by atoms with Crippen molar-refractivity contribution in [2.75, 3.05) is 0 Å². The molecule has 2 heterocycles. The van der Waals surface area contributed by atoms with Crippen molar-refractivity contribution in [3.63, 3.8) is 0 Å². The van der Waals surface area contributed by atoms with Gasteiger partial charge in [-0.25, -0.2) is 4.98 Å². The average molecular weight is 516 g/mol. The lowest BCUT2D eigenvalue weighted by Crippen LogP contribution is -2.66. The molecule has 0 radical (unpaired) electrons. The van der Waals surface area contributed by atoms with Gasteiger partial charge in [-0.1, -0.05) is 6.07 Å². The van der Waals surface area contributed by atoms with Gasteiger partial charge in [0.05, 0.1) is 11.7 Å². The van der Waals surface area contributed by atoms with Crippen LogP contribution in [0.3, 0.4) is 0 Å². The van der Waals surface area contributed by atoms with E-state index in [0.29, 0.717) is 16.9 Å². The highest BCUT2D eigenvalue weighted by atomic mass is 16.3. The summed E-state index contributed by atoms with van der Waals surface area (Å²) < 4.78 is 1.86. The standard InChI is InChI=1S/C28H25N3O7/c29-27(37)23-19(33)11-15-9-14-10-17-16(13-3-6-20(30-12-13)31-7-1-2-8-31)4-5-18(32)22(17)24(34)21(14)25(35)28(15,38)26(23)36/h1-8,12,14-15,19,23,32-34,38H,9-11H2,(H2,29,37)/t14-,15+,19?,23?,28+/m1/s1. The summed E-state index contributed by atoms with van der Waals surface area (Å²) in [5, 5.41) is 43.7. The number of aromatic hydroxyl groups is 1. The Balaban J connectivity index is 1.45. The van der Waals surface area contributed by atoms with E-state index in [4.69, 9.17) is 5.73 Å². The van der Waals surface area contributed by atoms with Gasteiger partial charge < -0.3 is 30.7 Å². The summed E-state index contributed by atoms with van der Waals surface area (Å²) >= 11 is 0. The van der Waals surface area contributed by atoms with Crippen molar-refractivity contribution in [1.82, 2.24) is 9.55 Å². The maximum Gasteiger partial charge on any atom is 0.230 e. The molecule has 10 heteroatoms. The van der Waals surface area contributed by atoms with Gasteiger partial charge in [0.15, 0.2) is 11.4 Å². The van der Waals surface area contributed by atoms with Crippen molar-refractivity contribution >= 4 is 23.2 Å². The van der Waals surface area contributed by atoms with Gasteiger partial charge in [-0.05, 0) is 66.6 Å². The number of aromatic nitrogens is 2. The van der Waals surface area contributed by atoms with Crippen LogP contribution in [0.1, 0.15) is 24.0 Å². The molecule has 0 saturated heterocycles. The zero-order valence-electron chi connectivity index (χ0n) is 20.1. The van der Waals surface area contributed by atoms with E-state index in [1.165, 1.54) is 6.07 Å². The molecule has 3 aromatic rings. The Morgan fingerprint density at radius 2 is 1.82 bits per heavy atom. The van der Waals surface area contributed by atoms with Crippen LogP contribution in [0.4, 0.5) is 0 Å². The van der Waals surface area contributed by atoms with Crippen molar-refractivity contribution in [1.29, 1.82) is 0 Å². The summed E-state index contributed by atoms with van der Waals surface area (Å²) in [5.41, 5.74) is 4.61. The first-order chi connectivity index (χ1) is 18.1. The number of nitrogens with zero attached hydrogens (tertiary/aromatic N) is 2. The number of Topliss-reactive ketones (excluding diaryl/α,β-unsaturated/α-hetero) is 2. The van der Waals surface area contributed by atoms with Gasteiger partial charge in [0.1, 0.15) is 23.2 Å². The Bertz CT molecular complexity index is 1530. The number of aliphatic hydroxyl groups is 3. The summed E-state index contributed by atoms with van der Waals surface area (Å²) in [7, 11) is 0. The molecule has 2 fully saturated rings. The third kappa shape index (κ3) is 3.27. The van der Waals surface area contributed by atoms with Crippen LogP contribution >= 0.6 is 0 Å². The minimum absolute atomic E-state index is 0.0494. The van der Waals surface area contributed by atoms with E-state index in [1.807, 2.05) is 41.2 Å². The molecule has 10 nitrogen and oxygen atoms in total. The van der Waals surface area contributed by atoms with Crippen molar-refractivity contribution < 1.29 is 34.8 Å². The van der Waals surface area contributed by atoms with Crippen LogP contribution in [-0.4, -0.2) is 59.2 Å². The number of nitrogens with two attached hydrogens (primary N) is 1. The maximum absolute atomic E-state index is 13.6. The summed E-state index contributed by atoms with van der Waals surface area (Å²) in [6, 6.07) is 10.6. The normalized spacial score (nSPS) is 28.5. The number of primary amides is 1. The number of benzene rings is 1. The van der Waals surface area contributed by atoms with Gasteiger partial charge in [0, 0.05) is 35.6 Å². The van der Waals surface area contributed by atoms with Crippen LogP contribution in [0.25, 0.3) is 22.7 Å². The number of amides is 1. The Labute approximate surface area is 216 Å². The lowest BCUT2D eigenvalue weighted by Gasteiger charge is -2.48. The maximum atomic E-state index is 13.6. The molecule has 2 saturated carbocycles. The number of carbonyl (C=O) groups excluding carboxylic acids is 3. The Kier molecular flexibility index (Phi) is 5.30. The highest BCUT2D eigenvalue weighted by Crippen LogP contribution is 2.52. The van der Waals surface area contributed by atoms with Crippen LogP contribution in [0.15, 0.2) is 60.6 Å². The van der Waals surface area contributed by atoms with Crippen molar-refractivity contribution in [2.45, 2.75) is 31.0 Å². The summed E-state index contributed by atoms with van der Waals surface area (Å²) in [5.74, 6) is -6.64. The Morgan fingerprint density at radius 3 is 2.47 bits per heavy atom. The third-order valence-electron chi connectivity index (χ3n) is 8.20. The highest BCUT2D eigenvalue weighted by molar-refractivity contribution is 6.24. The van der Waals surface area contributed by atoms with Gasteiger partial charge in [-0.2, -0.15) is 0 Å². The number of hydrogen-bond acceptors (Lipinski definition) is 8. The summed E-state index contributed by atoms with van der Waals surface area (Å²) in [6.45, 7) is 0. The first-order valence-corrected chi connectivity index (χ1v) is 12.3. The number of fused-ring (bicyclic) bond motifs is 3. The molecule has 0 bridgehead atoms. The number of phenolic OH excluding ortho intramolecular Hbond substituents is 1.